The molecule has 0 radical (unpaired) electrons. The fourth-order valence-electron chi connectivity index (χ4n) is 2.99. The molecule has 1 aromatic heterocycles. The Morgan fingerprint density at radius 1 is 1.29 bits per heavy atom. The summed E-state index contributed by atoms with van der Waals surface area (Å²) >= 11 is 0. The van der Waals surface area contributed by atoms with E-state index in [0.717, 1.165) is 19.3 Å². The van der Waals surface area contributed by atoms with E-state index < -0.39 is 10.0 Å². The molecule has 1 aromatic carbocycles. The van der Waals surface area contributed by atoms with Gasteiger partial charge < -0.3 is 4.52 Å². The van der Waals surface area contributed by atoms with Gasteiger partial charge in [0.2, 0.25) is 15.9 Å². The summed E-state index contributed by atoms with van der Waals surface area (Å²) < 4.78 is 32.5. The van der Waals surface area contributed by atoms with Crippen LogP contribution < -0.4 is 0 Å². The molecule has 0 unspecified atom stereocenters. The molecule has 0 amide bonds. The van der Waals surface area contributed by atoms with E-state index in [9.17, 15) is 8.42 Å². The Hall–Kier alpha value is -1.73. The largest absolute Gasteiger partial charge is 0.339 e. The van der Waals surface area contributed by atoms with Crippen molar-refractivity contribution in [2.24, 2.45) is 5.92 Å². The molecule has 130 valence electrons. The second kappa shape index (κ2) is 7.03. The second-order valence-electron chi connectivity index (χ2n) is 6.66. The van der Waals surface area contributed by atoms with E-state index in [-0.39, 0.29) is 5.92 Å². The van der Waals surface area contributed by atoms with Crippen LogP contribution in [-0.2, 0) is 16.4 Å². The second-order valence-corrected chi connectivity index (χ2v) is 8.60. The van der Waals surface area contributed by atoms with Crippen molar-refractivity contribution in [1.82, 2.24) is 14.4 Å². The van der Waals surface area contributed by atoms with Crippen LogP contribution in [0.5, 0.6) is 0 Å². The SMILES string of the molecule is CC(C)Cc1noc([C@@H]2CCCN(S(=O)(=O)c3ccccc3)C2)n1. The van der Waals surface area contributed by atoms with E-state index in [1.165, 1.54) is 4.31 Å². The zero-order valence-corrected chi connectivity index (χ0v) is 14.9. The molecule has 2 heterocycles. The molecule has 1 fully saturated rings. The Bertz CT molecular complexity index is 771. The third-order valence-corrected chi connectivity index (χ3v) is 6.07. The molecule has 1 aliphatic heterocycles. The molecule has 1 aliphatic rings. The smallest absolute Gasteiger partial charge is 0.243 e. The average Bonchev–Trinajstić information content (AvgIpc) is 3.03. The van der Waals surface area contributed by atoms with E-state index in [2.05, 4.69) is 24.0 Å². The number of nitrogens with zero attached hydrogens (tertiary/aromatic N) is 3. The zero-order valence-electron chi connectivity index (χ0n) is 14.1. The van der Waals surface area contributed by atoms with Crippen molar-refractivity contribution in [2.75, 3.05) is 13.1 Å². The average molecular weight is 349 g/mol. The van der Waals surface area contributed by atoms with Gasteiger partial charge in [0.1, 0.15) is 0 Å². The molecule has 0 spiro atoms. The summed E-state index contributed by atoms with van der Waals surface area (Å²) in [6.07, 6.45) is 2.42. The number of hydrogen-bond acceptors (Lipinski definition) is 5. The van der Waals surface area contributed by atoms with Crippen LogP contribution in [-0.4, -0.2) is 36.0 Å². The summed E-state index contributed by atoms with van der Waals surface area (Å²) in [5, 5.41) is 4.02. The highest BCUT2D eigenvalue weighted by atomic mass is 32.2. The normalized spacial score (nSPS) is 19.7. The van der Waals surface area contributed by atoms with Crippen LogP contribution >= 0.6 is 0 Å². The maximum Gasteiger partial charge on any atom is 0.243 e. The first kappa shape index (κ1) is 17.1. The van der Waals surface area contributed by atoms with E-state index in [4.69, 9.17) is 4.52 Å². The van der Waals surface area contributed by atoms with Crippen LogP contribution in [0.2, 0.25) is 0 Å². The molecule has 0 N–H and O–H groups in total. The summed E-state index contributed by atoms with van der Waals surface area (Å²) in [5.74, 6) is 1.67. The lowest BCUT2D eigenvalue weighted by molar-refractivity contribution is 0.265. The molecule has 1 saturated heterocycles. The first-order valence-electron chi connectivity index (χ1n) is 8.34. The first-order valence-corrected chi connectivity index (χ1v) is 9.78. The van der Waals surface area contributed by atoms with Crippen LogP contribution in [0, 0.1) is 5.92 Å². The number of sulfonamides is 1. The number of aromatic nitrogens is 2. The topological polar surface area (TPSA) is 76.3 Å². The van der Waals surface area contributed by atoms with Gasteiger partial charge in [-0.05, 0) is 30.9 Å². The van der Waals surface area contributed by atoms with Gasteiger partial charge in [0.15, 0.2) is 5.82 Å². The lowest BCUT2D eigenvalue weighted by Crippen LogP contribution is -2.39. The van der Waals surface area contributed by atoms with E-state index in [1.54, 1.807) is 24.3 Å². The number of rotatable bonds is 5. The van der Waals surface area contributed by atoms with Gasteiger partial charge in [-0.25, -0.2) is 8.42 Å². The summed E-state index contributed by atoms with van der Waals surface area (Å²) in [6.45, 7) is 5.12. The molecule has 3 rings (SSSR count). The van der Waals surface area contributed by atoms with E-state index in [1.807, 2.05) is 6.07 Å². The highest BCUT2D eigenvalue weighted by Gasteiger charge is 2.33. The Labute approximate surface area is 142 Å². The predicted molar refractivity (Wildman–Crippen MR) is 90.0 cm³/mol. The highest BCUT2D eigenvalue weighted by Crippen LogP contribution is 2.29. The number of benzene rings is 1. The van der Waals surface area contributed by atoms with Gasteiger partial charge in [0.25, 0.3) is 0 Å². The molecule has 2 aromatic rings. The van der Waals surface area contributed by atoms with Crippen molar-refractivity contribution < 1.29 is 12.9 Å². The summed E-state index contributed by atoms with van der Waals surface area (Å²) in [6, 6.07) is 8.56. The molecule has 7 heteroatoms. The molecule has 0 aliphatic carbocycles. The van der Waals surface area contributed by atoms with Gasteiger partial charge in [-0.3, -0.25) is 0 Å². The van der Waals surface area contributed by atoms with Crippen LogP contribution in [0.3, 0.4) is 0 Å². The van der Waals surface area contributed by atoms with Crippen LogP contribution in [0.4, 0.5) is 0 Å². The summed E-state index contributed by atoms with van der Waals surface area (Å²) in [4.78, 5) is 4.79. The fourth-order valence-corrected chi connectivity index (χ4v) is 4.53. The monoisotopic (exact) mass is 349 g/mol. The third-order valence-electron chi connectivity index (χ3n) is 4.19. The Morgan fingerprint density at radius 3 is 2.75 bits per heavy atom. The molecule has 0 bridgehead atoms. The van der Waals surface area contributed by atoms with Crippen molar-refractivity contribution in [3.63, 3.8) is 0 Å². The molecule has 1 atom stereocenters. The van der Waals surface area contributed by atoms with Gasteiger partial charge in [-0.15, -0.1) is 0 Å². The van der Waals surface area contributed by atoms with E-state index >= 15 is 0 Å². The van der Waals surface area contributed by atoms with Gasteiger partial charge in [-0.1, -0.05) is 37.2 Å². The minimum atomic E-state index is -3.47. The maximum atomic E-state index is 12.8. The standard InChI is InChI=1S/C17H23N3O3S/c1-13(2)11-16-18-17(23-19-16)14-7-6-10-20(12-14)24(21,22)15-8-4-3-5-9-15/h3-5,8-9,13-14H,6-7,10-12H2,1-2H3/t14-/m1/s1. The zero-order chi connectivity index (χ0) is 17.2. The quantitative estimate of drug-likeness (QED) is 0.829. The molecule has 0 saturated carbocycles. The highest BCUT2D eigenvalue weighted by molar-refractivity contribution is 7.89. The maximum absolute atomic E-state index is 12.8. The van der Waals surface area contributed by atoms with Gasteiger partial charge in [0, 0.05) is 19.5 Å². The van der Waals surface area contributed by atoms with Crippen molar-refractivity contribution in [1.29, 1.82) is 0 Å². The Morgan fingerprint density at radius 2 is 2.04 bits per heavy atom. The fraction of sp³-hybridized carbons (Fsp3) is 0.529. The lowest BCUT2D eigenvalue weighted by atomic mass is 10.00. The van der Waals surface area contributed by atoms with Crippen molar-refractivity contribution in [3.05, 3.63) is 42.0 Å². The minimum Gasteiger partial charge on any atom is -0.339 e. The van der Waals surface area contributed by atoms with E-state index in [0.29, 0.717) is 35.6 Å². The van der Waals surface area contributed by atoms with Crippen molar-refractivity contribution in [2.45, 2.75) is 43.9 Å². The van der Waals surface area contributed by atoms with Gasteiger partial charge in [-0.2, -0.15) is 9.29 Å². The first-order chi connectivity index (χ1) is 11.5. The van der Waals surface area contributed by atoms with Crippen molar-refractivity contribution in [3.8, 4) is 0 Å². The molecular weight excluding hydrogens is 326 g/mol. The number of piperidine rings is 1. The van der Waals surface area contributed by atoms with Gasteiger partial charge >= 0.3 is 0 Å². The third kappa shape index (κ3) is 3.67. The number of hydrogen-bond donors (Lipinski definition) is 0. The molecular formula is C17H23N3O3S. The summed E-state index contributed by atoms with van der Waals surface area (Å²) in [5.41, 5.74) is 0. The molecule has 6 nitrogen and oxygen atoms in total. The lowest BCUT2D eigenvalue weighted by Gasteiger charge is -2.30. The predicted octanol–water partition coefficient (Wildman–Crippen LogP) is 2.84. The van der Waals surface area contributed by atoms with Crippen LogP contribution in [0.1, 0.15) is 44.3 Å². The van der Waals surface area contributed by atoms with Crippen LogP contribution in [0.25, 0.3) is 0 Å². The van der Waals surface area contributed by atoms with Crippen LogP contribution in [0.15, 0.2) is 39.8 Å². The minimum absolute atomic E-state index is 0.0364. The Balaban J connectivity index is 1.76. The molecule has 24 heavy (non-hydrogen) atoms. The van der Waals surface area contributed by atoms with Crippen molar-refractivity contribution >= 4 is 10.0 Å². The van der Waals surface area contributed by atoms with Gasteiger partial charge in [0.05, 0.1) is 10.8 Å². The summed E-state index contributed by atoms with van der Waals surface area (Å²) in [7, 11) is -3.47. The Kier molecular flexibility index (Phi) is 5.01.